The highest BCUT2D eigenvalue weighted by molar-refractivity contribution is 7.12. The Kier molecular flexibility index (Phi) is 4.59. The Hall–Kier alpha value is -2.47. The number of rotatable bonds is 4. The second-order valence-corrected chi connectivity index (χ2v) is 7.76. The number of carbonyl (C=O) groups excluding carboxylic acids is 1. The molecule has 1 aliphatic rings. The first-order chi connectivity index (χ1) is 12.6. The van der Waals surface area contributed by atoms with E-state index in [4.69, 9.17) is 0 Å². The molecule has 5 nitrogen and oxygen atoms in total. The van der Waals surface area contributed by atoms with Crippen LogP contribution in [0.5, 0.6) is 0 Å². The van der Waals surface area contributed by atoms with E-state index in [1.165, 1.54) is 11.3 Å². The Bertz CT molecular complexity index is 1020. The van der Waals surface area contributed by atoms with Gasteiger partial charge in [-0.25, -0.2) is 4.68 Å². The molecule has 1 aromatic carbocycles. The third kappa shape index (κ3) is 3.17. The Labute approximate surface area is 155 Å². The molecule has 0 atom stereocenters. The third-order valence-electron chi connectivity index (χ3n) is 4.95. The normalized spacial score (nSPS) is 14.8. The predicted octanol–water partition coefficient (Wildman–Crippen LogP) is 3.81. The summed E-state index contributed by atoms with van der Waals surface area (Å²) in [6.07, 6.45) is 4.25. The first kappa shape index (κ1) is 17.0. The minimum absolute atomic E-state index is 0.0311. The molecule has 0 spiro atoms. The van der Waals surface area contributed by atoms with Crippen molar-refractivity contribution in [1.29, 1.82) is 0 Å². The zero-order chi connectivity index (χ0) is 18.1. The molecule has 0 unspecified atom stereocenters. The van der Waals surface area contributed by atoms with Crippen LogP contribution in [0.1, 0.15) is 52.7 Å². The molecule has 6 heteroatoms. The lowest BCUT2D eigenvalue weighted by Crippen LogP contribution is -2.30. The maximum atomic E-state index is 12.8. The minimum Gasteiger partial charge on any atom is -0.346 e. The number of hydrogen-bond acceptors (Lipinski definition) is 4. The average molecular weight is 367 g/mol. The summed E-state index contributed by atoms with van der Waals surface area (Å²) in [5.74, 6) is -0.104. The van der Waals surface area contributed by atoms with E-state index < -0.39 is 0 Å². The zero-order valence-electron chi connectivity index (χ0n) is 14.7. The topological polar surface area (TPSA) is 64.0 Å². The molecular formula is C20H21N3O2S. The quantitative estimate of drug-likeness (QED) is 0.763. The Morgan fingerprint density at radius 1 is 1.27 bits per heavy atom. The number of hydrogen-bond donors (Lipinski definition) is 1. The van der Waals surface area contributed by atoms with Crippen LogP contribution >= 0.6 is 11.3 Å². The van der Waals surface area contributed by atoms with Crippen LogP contribution in [0.25, 0.3) is 10.8 Å². The first-order valence-electron chi connectivity index (χ1n) is 8.97. The van der Waals surface area contributed by atoms with Crippen molar-refractivity contribution in [2.75, 3.05) is 0 Å². The van der Waals surface area contributed by atoms with Crippen LogP contribution in [0.2, 0.25) is 0 Å². The Balaban J connectivity index is 1.68. The monoisotopic (exact) mass is 367 g/mol. The fourth-order valence-electron chi connectivity index (χ4n) is 3.60. The highest BCUT2D eigenvalue weighted by Gasteiger charge is 2.21. The van der Waals surface area contributed by atoms with Gasteiger partial charge in [-0.05, 0) is 42.8 Å². The average Bonchev–Trinajstić information content (AvgIpc) is 3.33. The van der Waals surface area contributed by atoms with Gasteiger partial charge in [0.2, 0.25) is 0 Å². The van der Waals surface area contributed by atoms with E-state index in [1.807, 2.05) is 42.6 Å². The molecule has 26 heavy (non-hydrogen) atoms. The SMILES string of the molecule is Cc1csc(C(=O)NCc2nn(C3CCCC3)c(=O)c3ccccc23)c1. The molecule has 1 amide bonds. The van der Waals surface area contributed by atoms with E-state index in [-0.39, 0.29) is 17.5 Å². The molecule has 2 aromatic heterocycles. The van der Waals surface area contributed by atoms with Gasteiger partial charge in [-0.3, -0.25) is 9.59 Å². The maximum Gasteiger partial charge on any atom is 0.274 e. The van der Waals surface area contributed by atoms with E-state index in [1.54, 1.807) is 4.68 Å². The van der Waals surface area contributed by atoms with E-state index in [0.717, 1.165) is 42.3 Å². The number of thiophene rings is 1. The maximum absolute atomic E-state index is 12.8. The molecule has 1 N–H and O–H groups in total. The number of nitrogens with zero attached hydrogens (tertiary/aromatic N) is 2. The number of fused-ring (bicyclic) bond motifs is 1. The van der Waals surface area contributed by atoms with E-state index in [2.05, 4.69) is 10.4 Å². The summed E-state index contributed by atoms with van der Waals surface area (Å²) in [7, 11) is 0. The highest BCUT2D eigenvalue weighted by Crippen LogP contribution is 2.28. The fourth-order valence-corrected chi connectivity index (χ4v) is 4.42. The molecule has 0 radical (unpaired) electrons. The van der Waals surface area contributed by atoms with Crippen LogP contribution in [-0.2, 0) is 6.54 Å². The number of aryl methyl sites for hydroxylation is 1. The molecule has 1 aliphatic carbocycles. The van der Waals surface area contributed by atoms with Gasteiger partial charge in [0, 0.05) is 5.39 Å². The smallest absolute Gasteiger partial charge is 0.274 e. The van der Waals surface area contributed by atoms with Gasteiger partial charge in [0.25, 0.3) is 11.5 Å². The van der Waals surface area contributed by atoms with Gasteiger partial charge in [-0.15, -0.1) is 11.3 Å². The second-order valence-electron chi connectivity index (χ2n) is 6.85. The third-order valence-corrected chi connectivity index (χ3v) is 5.99. The summed E-state index contributed by atoms with van der Waals surface area (Å²) < 4.78 is 1.64. The molecular weight excluding hydrogens is 346 g/mol. The lowest BCUT2D eigenvalue weighted by Gasteiger charge is -2.16. The molecule has 0 bridgehead atoms. The summed E-state index contributed by atoms with van der Waals surface area (Å²) in [5.41, 5.74) is 1.80. The summed E-state index contributed by atoms with van der Waals surface area (Å²) in [4.78, 5) is 25.9. The summed E-state index contributed by atoms with van der Waals surface area (Å²) in [6, 6.07) is 9.57. The van der Waals surface area contributed by atoms with Crippen molar-refractivity contribution in [3.8, 4) is 0 Å². The van der Waals surface area contributed by atoms with Crippen molar-refractivity contribution in [2.24, 2.45) is 0 Å². The molecule has 134 valence electrons. The molecule has 1 fully saturated rings. The van der Waals surface area contributed by atoms with Gasteiger partial charge in [0.05, 0.1) is 28.5 Å². The molecule has 0 saturated heterocycles. The van der Waals surface area contributed by atoms with Crippen molar-refractivity contribution in [3.05, 3.63) is 62.2 Å². The summed E-state index contributed by atoms with van der Waals surface area (Å²) in [6.45, 7) is 2.28. The van der Waals surface area contributed by atoms with E-state index in [9.17, 15) is 9.59 Å². The van der Waals surface area contributed by atoms with Crippen LogP contribution in [0.4, 0.5) is 0 Å². The van der Waals surface area contributed by atoms with Crippen LogP contribution in [0.3, 0.4) is 0 Å². The van der Waals surface area contributed by atoms with Gasteiger partial charge in [0.15, 0.2) is 0 Å². The lowest BCUT2D eigenvalue weighted by molar-refractivity contribution is 0.0954. The van der Waals surface area contributed by atoms with Crippen LogP contribution in [0, 0.1) is 6.92 Å². The zero-order valence-corrected chi connectivity index (χ0v) is 15.5. The number of benzene rings is 1. The Morgan fingerprint density at radius 3 is 2.69 bits per heavy atom. The van der Waals surface area contributed by atoms with Crippen LogP contribution in [0.15, 0.2) is 40.5 Å². The van der Waals surface area contributed by atoms with Crippen LogP contribution < -0.4 is 10.9 Å². The number of amides is 1. The Morgan fingerprint density at radius 2 is 2.00 bits per heavy atom. The van der Waals surface area contributed by atoms with Crippen molar-refractivity contribution in [1.82, 2.24) is 15.1 Å². The van der Waals surface area contributed by atoms with Gasteiger partial charge in [-0.2, -0.15) is 5.10 Å². The summed E-state index contributed by atoms with van der Waals surface area (Å²) in [5, 5.41) is 11.0. The molecule has 1 saturated carbocycles. The van der Waals surface area contributed by atoms with Crippen molar-refractivity contribution < 1.29 is 4.79 Å². The van der Waals surface area contributed by atoms with E-state index >= 15 is 0 Å². The first-order valence-corrected chi connectivity index (χ1v) is 9.85. The number of carbonyl (C=O) groups is 1. The van der Waals surface area contributed by atoms with Crippen molar-refractivity contribution in [2.45, 2.75) is 45.2 Å². The number of nitrogens with one attached hydrogen (secondary N) is 1. The van der Waals surface area contributed by atoms with Gasteiger partial charge in [-0.1, -0.05) is 31.0 Å². The largest absolute Gasteiger partial charge is 0.346 e. The molecule has 4 rings (SSSR count). The van der Waals surface area contributed by atoms with Gasteiger partial charge < -0.3 is 5.32 Å². The minimum atomic E-state index is -0.104. The number of aromatic nitrogens is 2. The van der Waals surface area contributed by atoms with Crippen LogP contribution in [-0.4, -0.2) is 15.7 Å². The molecule has 2 heterocycles. The highest BCUT2D eigenvalue weighted by atomic mass is 32.1. The standard InChI is InChI=1S/C20H21N3O2S/c1-13-10-18(26-12-13)19(24)21-11-17-15-8-4-5-9-16(15)20(25)23(22-17)14-6-2-3-7-14/h4-5,8-10,12,14H,2-3,6-7,11H2,1H3,(H,21,24). The van der Waals surface area contributed by atoms with Crippen molar-refractivity contribution in [3.63, 3.8) is 0 Å². The van der Waals surface area contributed by atoms with Crippen molar-refractivity contribution >= 4 is 28.0 Å². The predicted molar refractivity (Wildman–Crippen MR) is 104 cm³/mol. The summed E-state index contributed by atoms with van der Waals surface area (Å²) >= 11 is 1.43. The second kappa shape index (κ2) is 7.03. The molecule has 0 aliphatic heterocycles. The molecule has 3 aromatic rings. The van der Waals surface area contributed by atoms with Gasteiger partial charge >= 0.3 is 0 Å². The van der Waals surface area contributed by atoms with E-state index in [0.29, 0.717) is 16.8 Å². The fraction of sp³-hybridized carbons (Fsp3) is 0.350. The lowest BCUT2D eigenvalue weighted by atomic mass is 10.1. The van der Waals surface area contributed by atoms with Gasteiger partial charge in [0.1, 0.15) is 0 Å².